The van der Waals surface area contributed by atoms with Gasteiger partial charge in [0.15, 0.2) is 0 Å². The van der Waals surface area contributed by atoms with Gasteiger partial charge in [-0.3, -0.25) is 0 Å². The monoisotopic (exact) mass is 115 g/mol. The highest BCUT2D eigenvalue weighted by molar-refractivity contribution is 4.51. The normalized spacial score (nSPS) is 8.50. The Balaban J connectivity index is 0. The number of hydrogen-bond acceptors (Lipinski definition) is 2. The molecule has 0 aliphatic heterocycles. The molecule has 0 heterocycles. The quantitative estimate of drug-likeness (QED) is 0.517. The Morgan fingerprint density at radius 1 is 1.38 bits per heavy atom. The van der Waals surface area contributed by atoms with Crippen LogP contribution in [0.4, 0.5) is 0 Å². The maximum absolute atomic E-state index is 8.52. The van der Waals surface area contributed by atoms with Crippen molar-refractivity contribution in [2.75, 3.05) is 0 Å². The lowest BCUT2D eigenvalue weighted by Crippen LogP contribution is -2.10. The molecule has 0 aliphatic carbocycles. The molecule has 0 radical (unpaired) electrons. The van der Waals surface area contributed by atoms with Gasteiger partial charge in [0.05, 0.1) is 11.7 Å². The molecule has 2 heteroatoms. The fourth-order valence-corrected chi connectivity index (χ4v) is 0. The summed E-state index contributed by atoms with van der Waals surface area (Å²) in [6, 6.07) is 1.75. The lowest BCUT2D eigenvalue weighted by atomic mass is 10.2. The van der Waals surface area contributed by atoms with Crippen molar-refractivity contribution >= 4 is 0 Å². The zero-order valence-corrected chi connectivity index (χ0v) is 5.89. The summed E-state index contributed by atoms with van der Waals surface area (Å²) in [5, 5.41) is 15.8. The summed E-state index contributed by atoms with van der Waals surface area (Å²) in [6.45, 7) is 6.66. The van der Waals surface area contributed by atoms with E-state index >= 15 is 0 Å². The third-order valence-corrected chi connectivity index (χ3v) is 0. The average Bonchev–Trinajstić information content (AvgIpc) is 1.27. The molecular formula is C6H13NO. The van der Waals surface area contributed by atoms with Gasteiger partial charge in [-0.05, 0) is 20.8 Å². The summed E-state index contributed by atoms with van der Waals surface area (Å²) >= 11 is 0. The van der Waals surface area contributed by atoms with Gasteiger partial charge >= 0.3 is 0 Å². The van der Waals surface area contributed by atoms with Crippen LogP contribution in [0.1, 0.15) is 27.7 Å². The highest BCUT2D eigenvalue weighted by Gasteiger charge is 1.97. The van der Waals surface area contributed by atoms with Crippen LogP contribution in [0.15, 0.2) is 0 Å². The van der Waals surface area contributed by atoms with Gasteiger partial charge in [-0.1, -0.05) is 0 Å². The number of hydrogen-bond donors (Lipinski definition) is 1. The van der Waals surface area contributed by atoms with Crippen molar-refractivity contribution in [3.8, 4) is 6.07 Å². The van der Waals surface area contributed by atoms with Crippen molar-refractivity contribution in [1.29, 1.82) is 5.26 Å². The van der Waals surface area contributed by atoms with E-state index in [4.69, 9.17) is 10.4 Å². The third kappa shape index (κ3) is 357. The van der Waals surface area contributed by atoms with Crippen LogP contribution in [-0.2, 0) is 0 Å². The Bertz CT molecular complexity index is 69.5. The first-order chi connectivity index (χ1) is 3.41. The predicted octanol–water partition coefficient (Wildman–Crippen LogP) is 1.31. The second-order valence-corrected chi connectivity index (χ2v) is 2.39. The van der Waals surface area contributed by atoms with Gasteiger partial charge in [0.2, 0.25) is 0 Å². The Morgan fingerprint density at radius 3 is 1.38 bits per heavy atom. The van der Waals surface area contributed by atoms with E-state index in [0.717, 1.165) is 0 Å². The van der Waals surface area contributed by atoms with Gasteiger partial charge in [0.25, 0.3) is 0 Å². The minimum Gasteiger partial charge on any atom is -0.391 e. The maximum Gasteiger partial charge on any atom is 0.0587 e. The zero-order valence-electron chi connectivity index (χ0n) is 5.89. The zero-order chi connectivity index (χ0) is 7.21. The van der Waals surface area contributed by atoms with E-state index in [2.05, 4.69) is 0 Å². The van der Waals surface area contributed by atoms with Gasteiger partial charge in [0, 0.05) is 6.92 Å². The van der Waals surface area contributed by atoms with Crippen LogP contribution in [-0.4, -0.2) is 10.7 Å². The van der Waals surface area contributed by atoms with Crippen LogP contribution in [0.2, 0.25) is 0 Å². The molecule has 0 fully saturated rings. The molecule has 8 heavy (non-hydrogen) atoms. The topological polar surface area (TPSA) is 44.0 Å². The highest BCUT2D eigenvalue weighted by Crippen LogP contribution is 1.93. The van der Waals surface area contributed by atoms with Gasteiger partial charge in [-0.25, -0.2) is 0 Å². The first-order valence-corrected chi connectivity index (χ1v) is 2.45. The average molecular weight is 115 g/mol. The largest absolute Gasteiger partial charge is 0.391 e. The lowest BCUT2D eigenvalue weighted by Gasteiger charge is -2.04. The van der Waals surface area contributed by atoms with E-state index < -0.39 is 5.60 Å². The molecule has 0 aromatic rings. The lowest BCUT2D eigenvalue weighted by molar-refractivity contribution is 0.102. The molecule has 0 saturated carbocycles. The van der Waals surface area contributed by atoms with Gasteiger partial charge in [-0.2, -0.15) is 5.26 Å². The van der Waals surface area contributed by atoms with Crippen molar-refractivity contribution in [2.45, 2.75) is 33.3 Å². The molecule has 0 amide bonds. The Morgan fingerprint density at radius 2 is 1.38 bits per heavy atom. The Kier molecular flexibility index (Phi) is 6.01. The fourth-order valence-electron chi connectivity index (χ4n) is 0. The van der Waals surface area contributed by atoms with Crippen molar-refractivity contribution in [1.82, 2.24) is 0 Å². The summed E-state index contributed by atoms with van der Waals surface area (Å²) in [4.78, 5) is 0. The predicted molar refractivity (Wildman–Crippen MR) is 33.3 cm³/mol. The van der Waals surface area contributed by atoms with Crippen molar-refractivity contribution in [3.63, 3.8) is 0 Å². The molecule has 0 bridgehead atoms. The van der Waals surface area contributed by atoms with Crippen molar-refractivity contribution in [3.05, 3.63) is 0 Å². The first-order valence-electron chi connectivity index (χ1n) is 2.45. The van der Waals surface area contributed by atoms with E-state index in [9.17, 15) is 0 Å². The summed E-state index contributed by atoms with van der Waals surface area (Å²) in [5.74, 6) is 0. The Labute approximate surface area is 50.8 Å². The van der Waals surface area contributed by atoms with Crippen LogP contribution in [0.5, 0.6) is 0 Å². The maximum atomic E-state index is 8.52. The minimum absolute atomic E-state index is 0.500. The summed E-state index contributed by atoms with van der Waals surface area (Å²) in [6.07, 6.45) is 0. The van der Waals surface area contributed by atoms with E-state index in [1.54, 1.807) is 26.8 Å². The van der Waals surface area contributed by atoms with Crippen molar-refractivity contribution in [2.24, 2.45) is 0 Å². The summed E-state index contributed by atoms with van der Waals surface area (Å²) in [5.41, 5.74) is -0.500. The van der Waals surface area contributed by atoms with Crippen LogP contribution < -0.4 is 0 Å². The van der Waals surface area contributed by atoms with Gasteiger partial charge in [-0.15, -0.1) is 0 Å². The van der Waals surface area contributed by atoms with Crippen LogP contribution >= 0.6 is 0 Å². The molecule has 48 valence electrons. The molecule has 0 aromatic heterocycles. The van der Waals surface area contributed by atoms with E-state index in [1.807, 2.05) is 0 Å². The number of nitrogens with zero attached hydrogens (tertiary/aromatic N) is 1. The van der Waals surface area contributed by atoms with Crippen LogP contribution in [0, 0.1) is 11.3 Å². The molecule has 2 nitrogen and oxygen atoms in total. The van der Waals surface area contributed by atoms with Crippen molar-refractivity contribution < 1.29 is 5.11 Å². The molecule has 0 rings (SSSR count). The Hall–Kier alpha value is -0.550. The SMILES string of the molecule is CC#N.CC(C)(C)O. The fraction of sp³-hybridized carbons (Fsp3) is 0.833. The molecule has 0 saturated heterocycles. The van der Waals surface area contributed by atoms with E-state index in [1.165, 1.54) is 6.92 Å². The van der Waals surface area contributed by atoms with Gasteiger partial charge < -0.3 is 5.11 Å². The van der Waals surface area contributed by atoms with Crippen LogP contribution in [0.25, 0.3) is 0 Å². The highest BCUT2D eigenvalue weighted by atomic mass is 16.3. The third-order valence-electron chi connectivity index (χ3n) is 0. The molecule has 0 aliphatic rings. The van der Waals surface area contributed by atoms with Crippen LogP contribution in [0.3, 0.4) is 0 Å². The minimum atomic E-state index is -0.500. The molecule has 1 N–H and O–H groups in total. The van der Waals surface area contributed by atoms with Gasteiger partial charge in [0.1, 0.15) is 0 Å². The van der Waals surface area contributed by atoms with E-state index in [-0.39, 0.29) is 0 Å². The molecule has 0 spiro atoms. The number of nitriles is 1. The number of aliphatic hydroxyl groups is 1. The summed E-state index contributed by atoms with van der Waals surface area (Å²) < 4.78 is 0. The summed E-state index contributed by atoms with van der Waals surface area (Å²) in [7, 11) is 0. The van der Waals surface area contributed by atoms with E-state index in [0.29, 0.717) is 0 Å². The second kappa shape index (κ2) is 4.61. The smallest absolute Gasteiger partial charge is 0.0587 e. The molecule has 0 unspecified atom stereocenters. The first kappa shape index (κ1) is 10.4. The molecule has 0 aromatic carbocycles. The second-order valence-electron chi connectivity index (χ2n) is 2.39. The number of rotatable bonds is 0. The molecule has 0 atom stereocenters. The molecular weight excluding hydrogens is 102 g/mol. The standard InChI is InChI=1S/C4H10O.C2H3N/c1-4(2,3)5;1-2-3/h5H,1-3H3;1H3.